The fraction of sp³-hybridized carbons (Fsp3) is 0.231. The van der Waals surface area contributed by atoms with Gasteiger partial charge < -0.3 is 10.1 Å². The molecule has 1 unspecified atom stereocenters. The van der Waals surface area contributed by atoms with Crippen LogP contribution >= 0.6 is 23.2 Å². The molecule has 3 aromatic carbocycles. The van der Waals surface area contributed by atoms with E-state index in [4.69, 9.17) is 27.9 Å². The fourth-order valence-electron chi connectivity index (χ4n) is 4.37. The van der Waals surface area contributed by atoms with Crippen LogP contribution < -0.4 is 5.32 Å². The lowest BCUT2D eigenvalue weighted by molar-refractivity contribution is -0.160. The van der Waals surface area contributed by atoms with Gasteiger partial charge in [0.2, 0.25) is 6.10 Å². The minimum absolute atomic E-state index is 0.307. The zero-order valence-corrected chi connectivity index (χ0v) is 19.2. The SMILES string of the molecule is O=C(Nc1cc(Cl)cc(Cl)c1)C(OC(=O)C1(c2ccccc2F)CCCC1)c1ccccc1. The largest absolute Gasteiger partial charge is 0.447 e. The molecular formula is C26H22Cl2FNO3. The van der Waals surface area contributed by atoms with Crippen LogP contribution in [0.2, 0.25) is 10.0 Å². The van der Waals surface area contributed by atoms with Crippen molar-refractivity contribution in [3.05, 3.63) is 99.8 Å². The van der Waals surface area contributed by atoms with Crippen molar-refractivity contribution < 1.29 is 18.7 Å². The third kappa shape index (κ3) is 5.05. The molecule has 0 saturated heterocycles. The van der Waals surface area contributed by atoms with E-state index in [1.54, 1.807) is 66.7 Å². The lowest BCUT2D eigenvalue weighted by atomic mass is 9.78. The van der Waals surface area contributed by atoms with Crippen molar-refractivity contribution in [2.45, 2.75) is 37.2 Å². The highest BCUT2D eigenvalue weighted by Crippen LogP contribution is 2.44. The predicted molar refractivity (Wildman–Crippen MR) is 127 cm³/mol. The van der Waals surface area contributed by atoms with Gasteiger partial charge in [0.05, 0.1) is 5.41 Å². The maximum absolute atomic E-state index is 14.7. The lowest BCUT2D eigenvalue weighted by Gasteiger charge is -2.30. The van der Waals surface area contributed by atoms with Crippen LogP contribution in [0.25, 0.3) is 0 Å². The van der Waals surface area contributed by atoms with Crippen LogP contribution in [0, 0.1) is 5.82 Å². The number of nitrogens with one attached hydrogen (secondary N) is 1. The number of anilines is 1. The van der Waals surface area contributed by atoms with Crippen LogP contribution in [-0.4, -0.2) is 11.9 Å². The summed E-state index contributed by atoms with van der Waals surface area (Å²) in [4.78, 5) is 26.8. The Morgan fingerprint density at radius 2 is 1.52 bits per heavy atom. The van der Waals surface area contributed by atoms with Gasteiger partial charge >= 0.3 is 5.97 Å². The number of ether oxygens (including phenoxy) is 1. The second kappa shape index (κ2) is 9.94. The van der Waals surface area contributed by atoms with Gasteiger partial charge in [-0.3, -0.25) is 9.59 Å². The van der Waals surface area contributed by atoms with Gasteiger partial charge in [-0.25, -0.2) is 4.39 Å². The van der Waals surface area contributed by atoms with E-state index >= 15 is 0 Å². The third-order valence-electron chi connectivity index (χ3n) is 5.93. The Morgan fingerprint density at radius 1 is 0.909 bits per heavy atom. The first-order valence-corrected chi connectivity index (χ1v) is 11.4. The molecule has 0 bridgehead atoms. The molecule has 3 aromatic rings. The van der Waals surface area contributed by atoms with Gasteiger partial charge in [-0.1, -0.05) is 84.6 Å². The fourth-order valence-corrected chi connectivity index (χ4v) is 4.89. The Morgan fingerprint density at radius 3 is 2.15 bits per heavy atom. The number of esters is 1. The number of hydrogen-bond acceptors (Lipinski definition) is 3. The molecule has 1 aliphatic rings. The summed E-state index contributed by atoms with van der Waals surface area (Å²) in [5.41, 5.74) is 0.0523. The minimum Gasteiger partial charge on any atom is -0.447 e. The zero-order valence-electron chi connectivity index (χ0n) is 17.7. The number of hydrogen-bond donors (Lipinski definition) is 1. The molecule has 1 saturated carbocycles. The summed E-state index contributed by atoms with van der Waals surface area (Å²) in [6, 6.07) is 19.6. The Labute approximate surface area is 201 Å². The summed E-state index contributed by atoms with van der Waals surface area (Å²) < 4.78 is 20.6. The standard InChI is InChI=1S/C26H22Cl2FNO3/c27-18-14-19(28)16-20(15-18)30-24(31)23(17-8-2-1-3-9-17)33-25(32)26(12-6-7-13-26)21-10-4-5-11-22(21)29/h1-5,8-11,14-16,23H,6-7,12-13H2,(H,30,31). The molecule has 0 radical (unpaired) electrons. The Bertz CT molecular complexity index is 1140. The maximum Gasteiger partial charge on any atom is 0.317 e. The van der Waals surface area contributed by atoms with Gasteiger partial charge in [-0.15, -0.1) is 0 Å². The van der Waals surface area contributed by atoms with Gasteiger partial charge in [-0.2, -0.15) is 0 Å². The summed E-state index contributed by atoms with van der Waals surface area (Å²) in [7, 11) is 0. The number of rotatable bonds is 6. The van der Waals surface area contributed by atoms with E-state index in [0.29, 0.717) is 39.7 Å². The average Bonchev–Trinajstić information content (AvgIpc) is 3.28. The van der Waals surface area contributed by atoms with E-state index in [2.05, 4.69) is 5.32 Å². The van der Waals surface area contributed by atoms with Crippen LogP contribution in [0.4, 0.5) is 10.1 Å². The van der Waals surface area contributed by atoms with Crippen LogP contribution in [0.15, 0.2) is 72.8 Å². The Kier molecular flexibility index (Phi) is 7.01. The second-order valence-corrected chi connectivity index (χ2v) is 8.99. The van der Waals surface area contributed by atoms with Gasteiger partial charge in [0, 0.05) is 26.9 Å². The molecule has 0 heterocycles. The molecule has 1 atom stereocenters. The lowest BCUT2D eigenvalue weighted by Crippen LogP contribution is -2.38. The van der Waals surface area contributed by atoms with Crippen LogP contribution in [0.1, 0.15) is 42.9 Å². The number of carbonyl (C=O) groups excluding carboxylic acids is 2. The summed E-state index contributed by atoms with van der Waals surface area (Å²) in [6.45, 7) is 0. The van der Waals surface area contributed by atoms with E-state index < -0.39 is 29.2 Å². The normalized spacial score (nSPS) is 15.6. The quantitative estimate of drug-likeness (QED) is 0.387. The molecule has 1 aliphatic carbocycles. The third-order valence-corrected chi connectivity index (χ3v) is 6.37. The van der Waals surface area contributed by atoms with Crippen LogP contribution in [0.3, 0.4) is 0 Å². The predicted octanol–water partition coefficient (Wildman–Crippen LogP) is 6.87. The number of halogens is 3. The molecule has 33 heavy (non-hydrogen) atoms. The highest BCUT2D eigenvalue weighted by molar-refractivity contribution is 6.35. The van der Waals surface area contributed by atoms with Crippen molar-refractivity contribution in [3.8, 4) is 0 Å². The van der Waals surface area contributed by atoms with E-state index in [1.807, 2.05) is 0 Å². The smallest absolute Gasteiger partial charge is 0.317 e. The van der Waals surface area contributed by atoms with Gasteiger partial charge in [-0.05, 0) is 37.1 Å². The average molecular weight is 486 g/mol. The van der Waals surface area contributed by atoms with Crippen molar-refractivity contribution >= 4 is 40.8 Å². The van der Waals surface area contributed by atoms with Crippen molar-refractivity contribution in [2.24, 2.45) is 0 Å². The van der Waals surface area contributed by atoms with E-state index in [1.165, 1.54) is 6.07 Å². The summed E-state index contributed by atoms with van der Waals surface area (Å²) in [5, 5.41) is 3.44. The van der Waals surface area contributed by atoms with Crippen LogP contribution in [0.5, 0.6) is 0 Å². The van der Waals surface area contributed by atoms with Gasteiger partial charge in [0.1, 0.15) is 5.82 Å². The first kappa shape index (κ1) is 23.3. The molecule has 170 valence electrons. The Hall–Kier alpha value is -2.89. The highest BCUT2D eigenvalue weighted by atomic mass is 35.5. The van der Waals surface area contributed by atoms with Crippen molar-refractivity contribution in [1.82, 2.24) is 0 Å². The minimum atomic E-state index is -1.24. The zero-order chi connectivity index (χ0) is 23.4. The van der Waals surface area contributed by atoms with E-state index in [0.717, 1.165) is 12.8 Å². The monoisotopic (exact) mass is 485 g/mol. The number of benzene rings is 3. The van der Waals surface area contributed by atoms with E-state index in [-0.39, 0.29) is 0 Å². The second-order valence-electron chi connectivity index (χ2n) is 8.11. The number of amides is 1. The summed E-state index contributed by atoms with van der Waals surface area (Å²) in [6.07, 6.45) is 1.22. The van der Waals surface area contributed by atoms with Crippen molar-refractivity contribution in [3.63, 3.8) is 0 Å². The van der Waals surface area contributed by atoms with Gasteiger partial charge in [0.25, 0.3) is 5.91 Å². The Balaban J connectivity index is 1.66. The maximum atomic E-state index is 14.7. The first-order chi connectivity index (χ1) is 15.9. The molecular weight excluding hydrogens is 464 g/mol. The van der Waals surface area contributed by atoms with Crippen LogP contribution in [-0.2, 0) is 19.7 Å². The highest BCUT2D eigenvalue weighted by Gasteiger charge is 2.47. The molecule has 0 aliphatic heterocycles. The number of carbonyl (C=O) groups is 2. The molecule has 0 aromatic heterocycles. The summed E-state index contributed by atoms with van der Waals surface area (Å²) >= 11 is 12.1. The first-order valence-electron chi connectivity index (χ1n) is 10.7. The van der Waals surface area contributed by atoms with Crippen molar-refractivity contribution in [1.29, 1.82) is 0 Å². The molecule has 4 nitrogen and oxygen atoms in total. The molecule has 1 N–H and O–H groups in total. The van der Waals surface area contributed by atoms with Crippen molar-refractivity contribution in [2.75, 3.05) is 5.32 Å². The summed E-state index contributed by atoms with van der Waals surface area (Å²) in [5.74, 6) is -1.63. The molecule has 4 rings (SSSR count). The molecule has 7 heteroatoms. The molecule has 1 amide bonds. The van der Waals surface area contributed by atoms with E-state index in [9.17, 15) is 14.0 Å². The van der Waals surface area contributed by atoms with Gasteiger partial charge in [0.15, 0.2) is 0 Å². The topological polar surface area (TPSA) is 55.4 Å². The molecule has 0 spiro atoms. The molecule has 1 fully saturated rings.